The van der Waals surface area contributed by atoms with E-state index in [4.69, 9.17) is 17.7 Å². The van der Waals surface area contributed by atoms with Crippen molar-refractivity contribution < 1.29 is 55.6 Å². The number of pyridine rings is 1. The molecule has 218 valence electrons. The third-order valence-corrected chi connectivity index (χ3v) is 6.82. The highest BCUT2D eigenvalue weighted by Gasteiger charge is 2.45. The minimum Gasteiger partial charge on any atom is -0.545 e. The van der Waals surface area contributed by atoms with Crippen LogP contribution in [0.15, 0.2) is 66.7 Å². The molecule has 1 aliphatic rings. The Kier molecular flexibility index (Phi) is 8.07. The van der Waals surface area contributed by atoms with Gasteiger partial charge in [-0.15, -0.1) is 0 Å². The zero-order chi connectivity index (χ0) is 31.0. The fourth-order valence-electron chi connectivity index (χ4n) is 5.06. The molecule has 1 aromatic heterocycles. The van der Waals surface area contributed by atoms with Crippen LogP contribution in [0, 0.1) is 0 Å². The minimum absolute atomic E-state index is 0.0291. The number of fused-ring (bicyclic) bond motifs is 2. The van der Waals surface area contributed by atoms with Gasteiger partial charge in [0, 0.05) is 17.2 Å². The molecule has 0 radical (unpaired) electrons. The maximum atomic E-state index is 12.6. The Hall–Kier alpha value is -4.79. The second-order valence-electron chi connectivity index (χ2n) is 9.46. The van der Waals surface area contributed by atoms with Gasteiger partial charge in [-0.2, -0.15) is 13.0 Å². The molecular weight excluding hydrogens is 575 g/mol. The van der Waals surface area contributed by atoms with E-state index in [1.165, 1.54) is 6.92 Å². The molecule has 42 heavy (non-hydrogen) atoms. The second kappa shape index (κ2) is 11.2. The van der Waals surface area contributed by atoms with E-state index in [9.17, 15) is 33.3 Å². The molecular formula is C28H23FN2O10S. The number of hydrogen-bond donors (Lipinski definition) is 3. The zero-order valence-corrected chi connectivity index (χ0v) is 22.8. The molecule has 2 unspecified atom stereocenters. The smallest absolute Gasteiger partial charge is 0.435 e. The van der Waals surface area contributed by atoms with Gasteiger partial charge in [-0.25, -0.2) is 4.79 Å². The minimum atomic E-state index is -5.17. The van der Waals surface area contributed by atoms with Crippen LogP contribution in [0.25, 0.3) is 32.9 Å². The fraction of sp³-hybridized carbons (Fsp3) is 0.179. The predicted molar refractivity (Wildman–Crippen MR) is 143 cm³/mol. The highest BCUT2D eigenvalue weighted by atomic mass is 32.3. The first-order valence-electron chi connectivity index (χ1n) is 12.2. The molecule has 0 saturated carbocycles. The Labute approximate surface area is 238 Å². The van der Waals surface area contributed by atoms with Crippen LogP contribution in [0.3, 0.4) is 0 Å². The summed E-state index contributed by atoms with van der Waals surface area (Å²) in [5.74, 6) is -3.92. The molecule has 4 aromatic rings. The standard InChI is InChI=1S/C28H22N2O7.FHO3S/c1-28(27(35)36,37-21-14-22(31)29-25(21)32)19-12-5-3-8-15(19)16-10-7-11-18-23(26(33)34)17-9-4-6-13-20(17)30(2)24(16)18;1-5(2,3)4/h3-13,21H,14H2,1-2H3,(H2-,29,31,32,33,34,35,36);(H,2,3,4). The van der Waals surface area contributed by atoms with Crippen molar-refractivity contribution in [3.8, 4) is 11.1 Å². The molecule has 14 heteroatoms. The van der Waals surface area contributed by atoms with Crippen molar-refractivity contribution in [3.05, 3.63) is 77.9 Å². The van der Waals surface area contributed by atoms with Crippen molar-refractivity contribution in [2.75, 3.05) is 0 Å². The van der Waals surface area contributed by atoms with Gasteiger partial charge in [0.2, 0.25) is 16.9 Å². The number of aromatic carboxylic acids is 1. The van der Waals surface area contributed by atoms with Crippen LogP contribution in [0.4, 0.5) is 3.89 Å². The number of carboxylic acid groups (broad SMARTS) is 2. The Morgan fingerprint density at radius 2 is 1.60 bits per heavy atom. The number of halogens is 1. The molecule has 1 fully saturated rings. The van der Waals surface area contributed by atoms with Gasteiger partial charge in [0.1, 0.15) is 13.2 Å². The number of para-hydroxylation sites is 2. The largest absolute Gasteiger partial charge is 0.545 e. The van der Waals surface area contributed by atoms with Crippen LogP contribution < -0.4 is 15.0 Å². The Morgan fingerprint density at radius 3 is 2.19 bits per heavy atom. The molecule has 2 amide bonds. The SMILES string of the molecule is C[n+]1c2ccccc2c(C(=O)[O-])c2cccc(-c3ccccc3C(C)(OC3CC(=O)NC3=O)C(=O)O)c21.O=S(=O)(O)F. The van der Waals surface area contributed by atoms with Crippen LogP contribution in [0.5, 0.6) is 0 Å². The molecule has 12 nitrogen and oxygen atoms in total. The van der Waals surface area contributed by atoms with Crippen molar-refractivity contribution >= 4 is 56.1 Å². The quantitative estimate of drug-likeness (QED) is 0.0959. The van der Waals surface area contributed by atoms with Gasteiger partial charge >= 0.3 is 16.5 Å². The topological polar surface area (TPSA) is 191 Å². The summed E-state index contributed by atoms with van der Waals surface area (Å²) in [5.41, 5.74) is 0.501. The lowest BCUT2D eigenvalue weighted by Crippen LogP contribution is -2.42. The maximum absolute atomic E-state index is 12.6. The number of ether oxygens (including phenoxy) is 1. The number of nitrogens with one attached hydrogen (secondary N) is 1. The summed E-state index contributed by atoms with van der Waals surface area (Å²) in [4.78, 5) is 48.8. The first-order valence-corrected chi connectivity index (χ1v) is 13.5. The van der Waals surface area contributed by atoms with Crippen molar-refractivity contribution in [2.45, 2.75) is 25.0 Å². The van der Waals surface area contributed by atoms with E-state index in [0.717, 1.165) is 0 Å². The molecule has 0 aliphatic carbocycles. The first-order chi connectivity index (χ1) is 19.6. The van der Waals surface area contributed by atoms with E-state index in [2.05, 4.69) is 5.32 Å². The highest BCUT2D eigenvalue weighted by Crippen LogP contribution is 2.39. The van der Waals surface area contributed by atoms with Gasteiger partial charge in [0.15, 0.2) is 5.60 Å². The summed E-state index contributed by atoms with van der Waals surface area (Å²) in [6.07, 6.45) is -1.55. The third kappa shape index (κ3) is 5.81. The van der Waals surface area contributed by atoms with Gasteiger partial charge in [0.25, 0.3) is 5.91 Å². The summed E-state index contributed by atoms with van der Waals surface area (Å²) in [5, 5.41) is 25.6. The number of rotatable bonds is 6. The molecule has 0 spiro atoms. The van der Waals surface area contributed by atoms with E-state index in [1.807, 2.05) is 4.57 Å². The van der Waals surface area contributed by atoms with Gasteiger partial charge < -0.3 is 19.7 Å². The number of aliphatic carboxylic acids is 1. The number of carbonyl (C=O) groups is 4. The molecule has 2 heterocycles. The lowest BCUT2D eigenvalue weighted by molar-refractivity contribution is -0.617. The number of aryl methyl sites for hydroxylation is 1. The molecule has 3 N–H and O–H groups in total. The van der Waals surface area contributed by atoms with E-state index < -0.39 is 46.0 Å². The van der Waals surface area contributed by atoms with Crippen LogP contribution in [0.2, 0.25) is 0 Å². The second-order valence-corrected chi connectivity index (χ2v) is 10.3. The summed E-state index contributed by atoms with van der Waals surface area (Å²) in [6, 6.07) is 18.9. The number of hydrogen-bond acceptors (Lipinski definition) is 8. The van der Waals surface area contributed by atoms with Gasteiger partial charge in [-0.1, -0.05) is 46.4 Å². The molecule has 0 bridgehead atoms. The number of aromatic nitrogens is 1. The number of carboxylic acids is 2. The number of imide groups is 1. The fourth-order valence-corrected chi connectivity index (χ4v) is 5.06. The van der Waals surface area contributed by atoms with Crippen molar-refractivity contribution in [1.29, 1.82) is 0 Å². The van der Waals surface area contributed by atoms with Crippen molar-refractivity contribution in [2.24, 2.45) is 7.05 Å². The molecule has 1 saturated heterocycles. The number of benzene rings is 3. The van der Waals surface area contributed by atoms with Gasteiger partial charge in [-0.05, 0) is 30.7 Å². The first kappa shape index (κ1) is 30.2. The average Bonchev–Trinajstić information content (AvgIpc) is 3.23. The summed E-state index contributed by atoms with van der Waals surface area (Å²) < 4.78 is 41.8. The maximum Gasteiger partial charge on any atom is 0.435 e. The molecule has 3 aromatic carbocycles. The Morgan fingerprint density at radius 1 is 1.02 bits per heavy atom. The summed E-state index contributed by atoms with van der Waals surface area (Å²) >= 11 is 0. The number of carbonyl (C=O) groups excluding carboxylic acids is 3. The normalized spacial score (nSPS) is 16.4. The third-order valence-electron chi connectivity index (χ3n) is 6.82. The Bertz CT molecular complexity index is 1880. The predicted octanol–water partition coefficient (Wildman–Crippen LogP) is 1.34. The van der Waals surface area contributed by atoms with Crippen LogP contribution in [0.1, 0.15) is 29.3 Å². The molecule has 5 rings (SSSR count). The van der Waals surface area contributed by atoms with Gasteiger partial charge in [0.05, 0.1) is 28.7 Å². The average molecular weight is 599 g/mol. The summed E-state index contributed by atoms with van der Waals surface area (Å²) in [7, 11) is -3.36. The van der Waals surface area contributed by atoms with E-state index in [0.29, 0.717) is 32.9 Å². The van der Waals surface area contributed by atoms with E-state index >= 15 is 0 Å². The van der Waals surface area contributed by atoms with E-state index in [1.54, 1.807) is 73.8 Å². The van der Waals surface area contributed by atoms with Crippen LogP contribution in [-0.2, 0) is 42.3 Å². The molecule has 2 atom stereocenters. The highest BCUT2D eigenvalue weighted by molar-refractivity contribution is 7.80. The summed E-state index contributed by atoms with van der Waals surface area (Å²) in [6.45, 7) is 1.33. The van der Waals surface area contributed by atoms with Crippen molar-refractivity contribution in [1.82, 2.24) is 5.32 Å². The van der Waals surface area contributed by atoms with Crippen LogP contribution >= 0.6 is 0 Å². The molecule has 1 aliphatic heterocycles. The van der Waals surface area contributed by atoms with Gasteiger partial charge in [-0.3, -0.25) is 19.5 Å². The van der Waals surface area contributed by atoms with Crippen LogP contribution in [-0.4, -0.2) is 47.9 Å². The Balaban J connectivity index is 0.000000748. The lowest BCUT2D eigenvalue weighted by atomic mass is 9.86. The van der Waals surface area contributed by atoms with E-state index in [-0.39, 0.29) is 17.5 Å². The number of amides is 2. The monoisotopic (exact) mass is 598 g/mol. The zero-order valence-electron chi connectivity index (χ0n) is 22.0. The number of nitrogens with zero attached hydrogens (tertiary/aromatic N) is 1. The lowest BCUT2D eigenvalue weighted by Gasteiger charge is -2.30. The van der Waals surface area contributed by atoms with Crippen molar-refractivity contribution in [3.63, 3.8) is 0 Å².